The maximum Gasteiger partial charge on any atom is 0.408 e. The lowest BCUT2D eigenvalue weighted by Crippen LogP contribution is -2.44. The second kappa shape index (κ2) is 49.1. The van der Waals surface area contributed by atoms with Crippen LogP contribution in [0, 0.1) is 35.5 Å². The van der Waals surface area contributed by atoms with Crippen molar-refractivity contribution in [3.63, 3.8) is 0 Å². The van der Waals surface area contributed by atoms with E-state index in [4.69, 9.17) is 82.2 Å². The van der Waals surface area contributed by atoms with Gasteiger partial charge in [-0.1, -0.05) is 76.0 Å². The quantitative estimate of drug-likeness (QED) is 0.00671. The van der Waals surface area contributed by atoms with Gasteiger partial charge in [0, 0.05) is 35.3 Å². The van der Waals surface area contributed by atoms with Crippen molar-refractivity contribution in [1.29, 1.82) is 0 Å². The van der Waals surface area contributed by atoms with Gasteiger partial charge in [0.2, 0.25) is 0 Å². The topological polar surface area (TPSA) is 431 Å². The number of amides is 2. The lowest BCUT2D eigenvalue weighted by atomic mass is 9.92. The second-order valence-electron chi connectivity index (χ2n) is 32.7. The van der Waals surface area contributed by atoms with Gasteiger partial charge >= 0.3 is 36.1 Å². The first-order valence-electron chi connectivity index (χ1n) is 40.0. The molecule has 30 nitrogen and oxygen atoms in total. The van der Waals surface area contributed by atoms with Gasteiger partial charge in [-0.3, -0.25) is 0 Å². The highest BCUT2D eigenvalue weighted by atomic mass is 16.7. The molecule has 4 atom stereocenters. The van der Waals surface area contributed by atoms with E-state index < -0.39 is 71.4 Å². The summed E-state index contributed by atoms with van der Waals surface area (Å²) in [5.41, 5.74) is 36.7. The molecule has 2 aliphatic heterocycles. The number of nitrogens with one attached hydrogen (secondary N) is 2. The smallest absolute Gasteiger partial charge is 0.408 e. The number of amidine groups is 4. The third-order valence-electron chi connectivity index (χ3n) is 18.2. The molecule has 30 heteroatoms. The maximum atomic E-state index is 12.7. The van der Waals surface area contributed by atoms with E-state index >= 15 is 0 Å². The van der Waals surface area contributed by atoms with E-state index in [-0.39, 0.29) is 47.0 Å². The predicted octanol–water partition coefficient (Wildman–Crippen LogP) is 11.3. The Labute approximate surface area is 674 Å². The van der Waals surface area contributed by atoms with Crippen LogP contribution in [0.3, 0.4) is 0 Å². The van der Waals surface area contributed by atoms with E-state index in [1.807, 2.05) is 79.7 Å². The number of piperidine rings is 2. The van der Waals surface area contributed by atoms with Gasteiger partial charge in [-0.05, 0) is 290 Å². The summed E-state index contributed by atoms with van der Waals surface area (Å²) in [6, 6.07) is 25.3. The van der Waals surface area contributed by atoms with Crippen LogP contribution in [-0.2, 0) is 48.0 Å². The number of rotatable bonds is 42. The molecule has 4 aromatic rings. The van der Waals surface area contributed by atoms with Crippen LogP contribution >= 0.6 is 0 Å². The highest BCUT2D eigenvalue weighted by Crippen LogP contribution is 2.26. The van der Waals surface area contributed by atoms with E-state index in [1.54, 1.807) is 114 Å². The lowest BCUT2D eigenvalue weighted by molar-refractivity contribution is -0.147. The first-order valence-corrected chi connectivity index (χ1v) is 40.0. The number of likely N-dealkylation sites (tertiary alicyclic amines) is 2. The number of ether oxygens (including phenoxy) is 6. The zero-order chi connectivity index (χ0) is 83.9. The zero-order valence-electron chi connectivity index (χ0n) is 69.7. The van der Waals surface area contributed by atoms with Gasteiger partial charge in [-0.15, -0.1) is 0 Å². The van der Waals surface area contributed by atoms with E-state index in [0.29, 0.717) is 97.7 Å². The number of nitrogens with two attached hydrogens (primary N) is 6. The van der Waals surface area contributed by atoms with Crippen molar-refractivity contribution in [3.05, 3.63) is 119 Å². The average Bonchev–Trinajstić information content (AvgIpc) is 0.883. The number of nitrogens with zero attached hydrogens (tertiary/aromatic N) is 6. The largest absolute Gasteiger partial charge is 0.494 e. The number of oxime groups is 4. The molecule has 632 valence electrons. The molecule has 2 heterocycles. The van der Waals surface area contributed by atoms with Gasteiger partial charge in [0.15, 0.2) is 23.3 Å². The maximum absolute atomic E-state index is 12.7. The normalized spacial score (nSPS) is 15.5. The Balaban J connectivity index is 0.000000419. The summed E-state index contributed by atoms with van der Waals surface area (Å²) in [6.45, 7) is 34.8. The fourth-order valence-electron chi connectivity index (χ4n) is 12.3. The minimum absolute atomic E-state index is 0.0169. The van der Waals surface area contributed by atoms with Gasteiger partial charge in [0.1, 0.15) is 58.4 Å². The third-order valence-corrected chi connectivity index (χ3v) is 18.2. The van der Waals surface area contributed by atoms with Crippen molar-refractivity contribution in [2.24, 2.45) is 90.5 Å². The number of hydrogen-bond acceptors (Lipinski definition) is 24. The molecule has 2 fully saturated rings. The molecular formula is C84H130N14O16. The highest BCUT2D eigenvalue weighted by Gasteiger charge is 2.30. The molecule has 6 rings (SSSR count). The van der Waals surface area contributed by atoms with Crippen LogP contribution in [0.25, 0.3) is 0 Å². The molecule has 2 saturated heterocycles. The number of hydrogen-bond donors (Lipinski definition) is 8. The van der Waals surface area contributed by atoms with Crippen molar-refractivity contribution < 1.29 is 76.5 Å². The summed E-state index contributed by atoms with van der Waals surface area (Å²) in [6.07, 6.45) is 10.9. The van der Waals surface area contributed by atoms with Gasteiger partial charge < -0.3 is 103 Å². The highest BCUT2D eigenvalue weighted by molar-refractivity contribution is 5.99. The fourth-order valence-corrected chi connectivity index (χ4v) is 12.3. The monoisotopic (exact) mass is 1590 g/mol. The Morgan fingerprint density at radius 1 is 0.386 bits per heavy atom. The Kier molecular flexibility index (Phi) is 40.8. The first-order chi connectivity index (χ1) is 54.0. The summed E-state index contributed by atoms with van der Waals surface area (Å²) in [5, 5.41) is 20.2. The predicted molar refractivity (Wildman–Crippen MR) is 441 cm³/mol. The molecular weight excluding hydrogens is 1460 g/mol. The van der Waals surface area contributed by atoms with Crippen molar-refractivity contribution in [2.45, 2.75) is 222 Å². The molecule has 0 unspecified atom stereocenters. The van der Waals surface area contributed by atoms with Gasteiger partial charge in [0.05, 0.1) is 26.4 Å². The van der Waals surface area contributed by atoms with Crippen LogP contribution in [0.4, 0.5) is 9.59 Å². The van der Waals surface area contributed by atoms with Crippen molar-refractivity contribution in [2.75, 3.05) is 65.7 Å². The molecule has 14 N–H and O–H groups in total. The van der Waals surface area contributed by atoms with Crippen LogP contribution in [0.5, 0.6) is 23.0 Å². The Hall–Kier alpha value is -9.78. The number of carbonyl (C=O) groups is 6. The average molecular weight is 1590 g/mol. The summed E-state index contributed by atoms with van der Waals surface area (Å²) < 4.78 is 34.4. The van der Waals surface area contributed by atoms with E-state index in [9.17, 15) is 28.8 Å². The van der Waals surface area contributed by atoms with Gasteiger partial charge in [-0.2, -0.15) is 0 Å². The molecule has 0 radical (unpaired) electrons. The van der Waals surface area contributed by atoms with Crippen LogP contribution in [0.2, 0.25) is 0 Å². The van der Waals surface area contributed by atoms with E-state index in [0.717, 1.165) is 102 Å². The molecule has 0 aliphatic carbocycles. The Morgan fingerprint density at radius 3 is 0.877 bits per heavy atom. The molecule has 0 saturated carbocycles. The Morgan fingerprint density at radius 2 is 0.632 bits per heavy atom. The molecule has 114 heavy (non-hydrogen) atoms. The van der Waals surface area contributed by atoms with Gasteiger partial charge in [-0.25, -0.2) is 28.8 Å². The Bertz CT molecular complexity index is 3440. The van der Waals surface area contributed by atoms with Crippen LogP contribution in [0.15, 0.2) is 118 Å². The van der Waals surface area contributed by atoms with E-state index in [2.05, 4.69) is 41.1 Å². The van der Waals surface area contributed by atoms with Crippen LogP contribution in [-0.4, -0.2) is 170 Å². The van der Waals surface area contributed by atoms with Crippen LogP contribution < -0.4 is 64.0 Å². The molecule has 2 amide bonds. The van der Waals surface area contributed by atoms with E-state index in [1.165, 1.54) is 12.8 Å². The standard InChI is InChI=1S/C47H73N7O10.C37H57N7O6/c1-31(2)29-38(50-44(57)61-46(5,6)7)42(55)63-52-40(48)34-14-18-36(19-15-34)59-27-11-13-33-22-25-54(26-23-33)24-12-28-60-37-20-16-35(17-21-37)41(49)53-64-43(56)39(30-32(3)4)51-45(58)62-47(8,9)10;1-25(2)23-32(38)36(45)49-42-34(40)28-8-12-30(13-9-28)47-21-5-7-27-16-19-44(20-17-27)18-6-22-48-31-14-10-29(11-15-31)35(41)43-50-37(46)33(39)24-26(3)4/h14-21,31-33,38-39H,11-13,22-30H2,1-10H3,(H2,48,52)(H2,49,53)(H,50,57)(H,51,58);8-15,25-27,32-33H,5-7,16-24,38-39H2,1-4H3,(H2,40,42)(H2,41,43)/t38-,39+;32-,33-/m10/s1. The van der Waals surface area contributed by atoms with Crippen molar-refractivity contribution in [1.82, 2.24) is 20.4 Å². The SMILES string of the molecule is CC(C)C[C@H](N)C(=O)O/N=C(\N)c1ccc(OCCCC2CCN(CCCOc3ccc(/C(N)=N/OC(=O)[C@@H](N)CC(C)C)cc3)CC2)cc1.CC(C)C[C@H](NC(=O)OC(C)(C)C)C(=O)O/N=C(\N)c1ccc(OCCCN2CCC(CCCOc3ccc(/C(N)=N/OC(=O)[C@@H](CC(C)C)NC(=O)OC(C)(C)C)cc3)CC2)cc1. The molecule has 0 spiro atoms. The first kappa shape index (κ1) is 94.8. The second-order valence-corrected chi connectivity index (χ2v) is 32.7. The minimum atomic E-state index is -0.940. The minimum Gasteiger partial charge on any atom is -0.494 e. The summed E-state index contributed by atoms with van der Waals surface area (Å²) >= 11 is 0. The molecule has 0 aromatic heterocycles. The number of alkyl carbamates (subject to hydrolysis) is 2. The summed E-state index contributed by atoms with van der Waals surface area (Å²) in [4.78, 5) is 98.9. The summed E-state index contributed by atoms with van der Waals surface area (Å²) in [7, 11) is 0. The molecule has 2 aliphatic rings. The molecule has 0 bridgehead atoms. The third kappa shape index (κ3) is 38.8. The molecule has 4 aromatic carbocycles. The zero-order valence-corrected chi connectivity index (χ0v) is 69.7. The van der Waals surface area contributed by atoms with Crippen molar-refractivity contribution >= 4 is 59.4 Å². The summed E-state index contributed by atoms with van der Waals surface area (Å²) in [5.74, 6) is 2.59. The van der Waals surface area contributed by atoms with Gasteiger partial charge in [0.25, 0.3) is 0 Å². The van der Waals surface area contributed by atoms with Crippen LogP contribution in [0.1, 0.15) is 209 Å². The number of carbonyl (C=O) groups excluding carboxylic acids is 6. The lowest BCUT2D eigenvalue weighted by Gasteiger charge is -2.32. The van der Waals surface area contributed by atoms with Crippen molar-refractivity contribution in [3.8, 4) is 23.0 Å². The fraction of sp³-hybridized carbons (Fsp3) is 0.595. The number of benzene rings is 4.